The second-order valence-corrected chi connectivity index (χ2v) is 6.18. The van der Waals surface area contributed by atoms with Gasteiger partial charge in [0.2, 0.25) is 5.88 Å². The highest BCUT2D eigenvalue weighted by atomic mass is 16.5. The van der Waals surface area contributed by atoms with E-state index in [2.05, 4.69) is 37.1 Å². The second-order valence-electron chi connectivity index (χ2n) is 6.18. The fraction of sp³-hybridized carbons (Fsp3) is 0.722. The number of pyridine rings is 1. The van der Waals surface area contributed by atoms with Gasteiger partial charge < -0.3 is 10.1 Å². The normalized spacial score (nSPS) is 22.2. The Kier molecular flexibility index (Phi) is 6.50. The van der Waals surface area contributed by atoms with Crippen molar-refractivity contribution in [2.45, 2.75) is 71.9 Å². The van der Waals surface area contributed by atoms with Gasteiger partial charge in [-0.2, -0.15) is 0 Å². The summed E-state index contributed by atoms with van der Waals surface area (Å²) in [5, 5.41) is 3.43. The van der Waals surface area contributed by atoms with Crippen LogP contribution in [0.2, 0.25) is 0 Å². The third kappa shape index (κ3) is 4.70. The van der Waals surface area contributed by atoms with Crippen molar-refractivity contribution in [3.8, 4) is 5.88 Å². The predicted octanol–water partition coefficient (Wildman–Crippen LogP) is 4.24. The number of nitrogens with one attached hydrogen (secondary N) is 1. The number of hydrogen-bond acceptors (Lipinski definition) is 3. The highest BCUT2D eigenvalue weighted by Crippen LogP contribution is 2.30. The smallest absolute Gasteiger partial charge is 0.213 e. The van der Waals surface area contributed by atoms with Gasteiger partial charge in [-0.15, -0.1) is 0 Å². The van der Waals surface area contributed by atoms with Gasteiger partial charge >= 0.3 is 0 Å². The first kappa shape index (κ1) is 16.3. The molecule has 0 bridgehead atoms. The lowest BCUT2D eigenvalue weighted by molar-refractivity contribution is 0.0857. The van der Waals surface area contributed by atoms with Gasteiger partial charge in [0.15, 0.2) is 0 Å². The minimum atomic E-state index is 0.361. The molecule has 21 heavy (non-hydrogen) atoms. The van der Waals surface area contributed by atoms with E-state index in [1.54, 1.807) is 0 Å². The summed E-state index contributed by atoms with van der Waals surface area (Å²) in [7, 11) is 0. The average molecular weight is 290 g/mol. The quantitative estimate of drug-likeness (QED) is 0.763. The molecule has 1 N–H and O–H groups in total. The topological polar surface area (TPSA) is 34.1 Å². The number of ether oxygens (including phenoxy) is 1. The van der Waals surface area contributed by atoms with Crippen LogP contribution in [0.5, 0.6) is 5.88 Å². The van der Waals surface area contributed by atoms with Crippen LogP contribution >= 0.6 is 0 Å². The van der Waals surface area contributed by atoms with Crippen molar-refractivity contribution >= 4 is 0 Å². The maximum absolute atomic E-state index is 6.19. The van der Waals surface area contributed by atoms with E-state index in [0.717, 1.165) is 31.1 Å². The molecular weight excluding hydrogens is 260 g/mol. The summed E-state index contributed by atoms with van der Waals surface area (Å²) >= 11 is 0. The number of aromatic nitrogens is 1. The van der Waals surface area contributed by atoms with Crippen molar-refractivity contribution in [3.63, 3.8) is 0 Å². The fourth-order valence-electron chi connectivity index (χ4n) is 3.17. The van der Waals surface area contributed by atoms with Crippen molar-refractivity contribution in [3.05, 3.63) is 23.4 Å². The molecule has 2 unspecified atom stereocenters. The van der Waals surface area contributed by atoms with Gasteiger partial charge in [-0.05, 0) is 57.1 Å². The van der Waals surface area contributed by atoms with E-state index in [9.17, 15) is 0 Å². The van der Waals surface area contributed by atoms with Crippen molar-refractivity contribution in [2.24, 2.45) is 5.92 Å². The zero-order valence-electron chi connectivity index (χ0n) is 13.8. The molecule has 1 aliphatic rings. The van der Waals surface area contributed by atoms with Crippen LogP contribution < -0.4 is 10.1 Å². The average Bonchev–Trinajstić information content (AvgIpc) is 2.50. The Labute approximate surface area is 129 Å². The summed E-state index contributed by atoms with van der Waals surface area (Å²) in [5.74, 6) is 1.50. The highest BCUT2D eigenvalue weighted by molar-refractivity contribution is 5.25. The molecular formula is C18H30N2O. The zero-order valence-corrected chi connectivity index (χ0v) is 13.8. The van der Waals surface area contributed by atoms with Crippen molar-refractivity contribution < 1.29 is 4.74 Å². The van der Waals surface area contributed by atoms with E-state index >= 15 is 0 Å². The molecule has 118 valence electrons. The van der Waals surface area contributed by atoms with Crippen LogP contribution in [0.3, 0.4) is 0 Å². The fourth-order valence-corrected chi connectivity index (χ4v) is 3.17. The molecule has 0 aromatic carbocycles. The molecule has 1 saturated carbocycles. The van der Waals surface area contributed by atoms with Crippen LogP contribution in [0.4, 0.5) is 0 Å². The Morgan fingerprint density at radius 3 is 2.76 bits per heavy atom. The van der Waals surface area contributed by atoms with Gasteiger partial charge in [0.25, 0.3) is 0 Å². The van der Waals surface area contributed by atoms with Gasteiger partial charge in [-0.3, -0.25) is 0 Å². The Morgan fingerprint density at radius 2 is 2.05 bits per heavy atom. The van der Waals surface area contributed by atoms with Crippen LogP contribution in [0.15, 0.2) is 12.1 Å². The second kappa shape index (κ2) is 8.38. The zero-order chi connectivity index (χ0) is 15.1. The number of aryl methyl sites for hydroxylation is 1. The summed E-state index contributed by atoms with van der Waals surface area (Å²) in [6.45, 7) is 8.48. The van der Waals surface area contributed by atoms with Crippen molar-refractivity contribution in [1.82, 2.24) is 10.3 Å². The van der Waals surface area contributed by atoms with Gasteiger partial charge in [-0.1, -0.05) is 26.3 Å². The first-order valence-electron chi connectivity index (χ1n) is 8.58. The lowest BCUT2D eigenvalue weighted by Crippen LogP contribution is -2.30. The van der Waals surface area contributed by atoms with E-state index in [1.807, 2.05) is 6.07 Å². The van der Waals surface area contributed by atoms with Gasteiger partial charge in [0.05, 0.1) is 0 Å². The van der Waals surface area contributed by atoms with Crippen LogP contribution in [0, 0.1) is 12.8 Å². The maximum Gasteiger partial charge on any atom is 0.213 e. The highest BCUT2D eigenvalue weighted by Gasteiger charge is 2.25. The standard InChI is InChI=1S/C18H30N2O/c1-4-12-19-13-16-10-11-18(20-14(16)3)21-17-9-7-6-8-15(17)5-2/h10-11,15,17,19H,4-9,12-13H2,1-3H3. The third-order valence-corrected chi connectivity index (χ3v) is 4.55. The molecule has 1 aliphatic carbocycles. The van der Waals surface area contributed by atoms with Crippen LogP contribution in [-0.4, -0.2) is 17.6 Å². The van der Waals surface area contributed by atoms with E-state index in [0.29, 0.717) is 12.0 Å². The van der Waals surface area contributed by atoms with Crippen LogP contribution in [-0.2, 0) is 6.54 Å². The Morgan fingerprint density at radius 1 is 1.24 bits per heavy atom. The molecule has 1 fully saturated rings. The van der Waals surface area contributed by atoms with Crippen molar-refractivity contribution in [2.75, 3.05) is 6.54 Å². The van der Waals surface area contributed by atoms with E-state index in [4.69, 9.17) is 4.74 Å². The van der Waals surface area contributed by atoms with E-state index in [1.165, 1.54) is 37.7 Å². The Balaban J connectivity index is 1.95. The molecule has 0 amide bonds. The summed E-state index contributed by atoms with van der Waals surface area (Å²) in [6.07, 6.45) is 7.86. The monoisotopic (exact) mass is 290 g/mol. The largest absolute Gasteiger partial charge is 0.474 e. The molecule has 2 rings (SSSR count). The number of hydrogen-bond donors (Lipinski definition) is 1. The lowest BCUT2D eigenvalue weighted by atomic mass is 9.85. The predicted molar refractivity (Wildman–Crippen MR) is 87.6 cm³/mol. The first-order valence-corrected chi connectivity index (χ1v) is 8.58. The number of rotatable bonds is 7. The Bertz CT molecular complexity index is 433. The molecule has 0 spiro atoms. The Hall–Kier alpha value is -1.09. The minimum Gasteiger partial charge on any atom is -0.474 e. The van der Waals surface area contributed by atoms with Crippen molar-refractivity contribution in [1.29, 1.82) is 0 Å². The van der Waals surface area contributed by atoms with Gasteiger partial charge in [-0.25, -0.2) is 4.98 Å². The van der Waals surface area contributed by atoms with Gasteiger partial charge in [0.1, 0.15) is 6.10 Å². The number of nitrogens with zero attached hydrogens (tertiary/aromatic N) is 1. The molecule has 0 radical (unpaired) electrons. The molecule has 0 saturated heterocycles. The molecule has 2 atom stereocenters. The summed E-state index contributed by atoms with van der Waals surface area (Å²) < 4.78 is 6.19. The molecule has 1 heterocycles. The summed E-state index contributed by atoms with van der Waals surface area (Å²) in [6, 6.07) is 4.20. The molecule has 0 aliphatic heterocycles. The molecule has 3 nitrogen and oxygen atoms in total. The van der Waals surface area contributed by atoms with Gasteiger partial charge in [0, 0.05) is 18.3 Å². The van der Waals surface area contributed by atoms with Crippen LogP contribution in [0.1, 0.15) is 63.6 Å². The SMILES string of the molecule is CCCNCc1ccc(OC2CCCCC2CC)nc1C. The van der Waals surface area contributed by atoms with E-state index in [-0.39, 0.29) is 0 Å². The summed E-state index contributed by atoms with van der Waals surface area (Å²) in [5.41, 5.74) is 2.35. The third-order valence-electron chi connectivity index (χ3n) is 4.55. The lowest BCUT2D eigenvalue weighted by Gasteiger charge is -2.30. The maximum atomic E-state index is 6.19. The van der Waals surface area contributed by atoms with Crippen LogP contribution in [0.25, 0.3) is 0 Å². The minimum absolute atomic E-state index is 0.361. The first-order chi connectivity index (χ1) is 10.2. The van der Waals surface area contributed by atoms with E-state index < -0.39 is 0 Å². The molecule has 1 aromatic rings. The molecule has 1 aromatic heterocycles. The summed E-state index contributed by atoms with van der Waals surface area (Å²) in [4.78, 5) is 4.65. The molecule has 3 heteroatoms.